The topological polar surface area (TPSA) is 35.5 Å². The minimum Gasteiger partial charge on any atom is -0.309 e. The van der Waals surface area contributed by atoms with Gasteiger partial charge in [-0.1, -0.05) is 60.7 Å². The standard InChI is InChI=1S/C18H23O3P/c1-3-20-22(19,21-4-2)15-18-13-11-17(12-14-18)10-9-16-7-5-6-8-16/h5-14,16H,3-4,15H2,1-2H3/b10-9+. The second-order valence-electron chi connectivity index (χ2n) is 5.05. The Bertz CT molecular complexity index is 577. The number of hydrogen-bond acceptors (Lipinski definition) is 3. The molecule has 2 rings (SSSR count). The van der Waals surface area contributed by atoms with E-state index in [1.807, 2.05) is 38.1 Å². The third-order valence-corrected chi connectivity index (χ3v) is 5.35. The largest absolute Gasteiger partial charge is 0.335 e. The molecular formula is C18H23O3P. The molecule has 1 aliphatic rings. The zero-order valence-electron chi connectivity index (χ0n) is 13.1. The van der Waals surface area contributed by atoms with Crippen LogP contribution in [0.5, 0.6) is 0 Å². The average Bonchev–Trinajstić information content (AvgIpc) is 3.00. The van der Waals surface area contributed by atoms with Gasteiger partial charge in [0.15, 0.2) is 0 Å². The monoisotopic (exact) mass is 318 g/mol. The van der Waals surface area contributed by atoms with Gasteiger partial charge < -0.3 is 9.05 Å². The second-order valence-corrected chi connectivity index (χ2v) is 7.11. The lowest BCUT2D eigenvalue weighted by molar-refractivity contribution is 0.219. The molecule has 0 aromatic heterocycles. The molecule has 118 valence electrons. The highest BCUT2D eigenvalue weighted by Crippen LogP contribution is 2.51. The van der Waals surface area contributed by atoms with Gasteiger partial charge >= 0.3 is 7.60 Å². The predicted octanol–water partition coefficient (Wildman–Crippen LogP) is 5.21. The van der Waals surface area contributed by atoms with E-state index in [0.717, 1.165) is 11.1 Å². The number of benzene rings is 1. The highest BCUT2D eigenvalue weighted by molar-refractivity contribution is 7.53. The van der Waals surface area contributed by atoms with Gasteiger partial charge in [-0.25, -0.2) is 0 Å². The van der Waals surface area contributed by atoms with Crippen LogP contribution in [0.15, 0.2) is 54.6 Å². The summed E-state index contributed by atoms with van der Waals surface area (Å²) in [7, 11) is -3.03. The fourth-order valence-electron chi connectivity index (χ4n) is 2.28. The lowest BCUT2D eigenvalue weighted by Gasteiger charge is -2.16. The Morgan fingerprint density at radius 2 is 1.64 bits per heavy atom. The first-order valence-corrected chi connectivity index (χ1v) is 9.38. The van der Waals surface area contributed by atoms with Gasteiger partial charge in [-0.2, -0.15) is 0 Å². The van der Waals surface area contributed by atoms with E-state index in [1.165, 1.54) is 0 Å². The molecule has 0 aliphatic heterocycles. The van der Waals surface area contributed by atoms with Gasteiger partial charge in [0.25, 0.3) is 0 Å². The Kier molecular flexibility index (Phi) is 6.38. The van der Waals surface area contributed by atoms with Crippen LogP contribution >= 0.6 is 7.60 Å². The minimum absolute atomic E-state index is 0.312. The summed E-state index contributed by atoms with van der Waals surface area (Å²) in [5, 5.41) is 0. The Labute approximate surface area is 132 Å². The fraction of sp³-hybridized carbons (Fsp3) is 0.333. The number of rotatable bonds is 8. The Hall–Kier alpha value is -1.41. The molecule has 0 unspecified atom stereocenters. The molecule has 0 saturated carbocycles. The third kappa shape index (κ3) is 5.10. The lowest BCUT2D eigenvalue weighted by atomic mass is 10.1. The summed E-state index contributed by atoms with van der Waals surface area (Å²) in [5.41, 5.74) is 2.09. The predicted molar refractivity (Wildman–Crippen MR) is 91.8 cm³/mol. The van der Waals surface area contributed by atoms with Crippen LogP contribution in [0.25, 0.3) is 6.08 Å². The van der Waals surface area contributed by atoms with Gasteiger partial charge in [0.05, 0.1) is 19.4 Å². The highest BCUT2D eigenvalue weighted by atomic mass is 31.2. The van der Waals surface area contributed by atoms with E-state index in [4.69, 9.17) is 9.05 Å². The summed E-state index contributed by atoms with van der Waals surface area (Å²) >= 11 is 0. The quantitative estimate of drug-likeness (QED) is 0.617. The molecule has 0 atom stereocenters. The van der Waals surface area contributed by atoms with Crippen LogP contribution in [-0.2, 0) is 19.8 Å². The lowest BCUT2D eigenvalue weighted by Crippen LogP contribution is -1.99. The van der Waals surface area contributed by atoms with Crippen molar-refractivity contribution in [1.82, 2.24) is 0 Å². The number of allylic oxidation sites excluding steroid dienone is 5. The molecule has 0 fully saturated rings. The van der Waals surface area contributed by atoms with E-state index < -0.39 is 7.60 Å². The fourth-order valence-corrected chi connectivity index (χ4v) is 3.98. The maximum Gasteiger partial charge on any atom is 0.335 e. The molecule has 0 bridgehead atoms. The molecule has 1 aliphatic carbocycles. The maximum atomic E-state index is 12.5. The van der Waals surface area contributed by atoms with Crippen molar-refractivity contribution in [2.45, 2.75) is 20.0 Å². The summed E-state index contributed by atoms with van der Waals surface area (Å²) in [4.78, 5) is 0. The van der Waals surface area contributed by atoms with Crippen LogP contribution in [0, 0.1) is 5.92 Å². The van der Waals surface area contributed by atoms with Gasteiger partial charge in [-0.3, -0.25) is 4.57 Å². The van der Waals surface area contributed by atoms with Crippen molar-refractivity contribution in [3.63, 3.8) is 0 Å². The summed E-state index contributed by atoms with van der Waals surface area (Å²) in [5.74, 6) is 0.385. The van der Waals surface area contributed by atoms with E-state index in [1.54, 1.807) is 0 Å². The van der Waals surface area contributed by atoms with Crippen molar-refractivity contribution in [3.8, 4) is 0 Å². The Balaban J connectivity index is 2.00. The molecule has 1 aromatic carbocycles. The highest BCUT2D eigenvalue weighted by Gasteiger charge is 2.23. The van der Waals surface area contributed by atoms with Crippen LogP contribution in [-0.4, -0.2) is 13.2 Å². The normalized spacial score (nSPS) is 15.2. The van der Waals surface area contributed by atoms with Gasteiger partial charge in [-0.05, 0) is 25.0 Å². The van der Waals surface area contributed by atoms with E-state index in [2.05, 4.69) is 36.5 Å². The molecule has 4 heteroatoms. The molecule has 3 nitrogen and oxygen atoms in total. The van der Waals surface area contributed by atoms with Crippen LogP contribution in [0.1, 0.15) is 25.0 Å². The van der Waals surface area contributed by atoms with E-state index in [-0.39, 0.29) is 0 Å². The van der Waals surface area contributed by atoms with Crippen molar-refractivity contribution in [2.24, 2.45) is 5.92 Å². The third-order valence-electron chi connectivity index (χ3n) is 3.30. The molecule has 0 spiro atoms. The first-order valence-electron chi connectivity index (χ1n) is 7.65. The summed E-state index contributed by atoms with van der Waals surface area (Å²) in [6, 6.07) is 8.00. The molecule has 0 heterocycles. The van der Waals surface area contributed by atoms with Crippen LogP contribution in [0.2, 0.25) is 0 Å². The molecule has 0 saturated heterocycles. The molecular weight excluding hydrogens is 295 g/mol. The zero-order chi connectivity index (χ0) is 15.8. The molecule has 0 N–H and O–H groups in total. The van der Waals surface area contributed by atoms with Gasteiger partial charge in [-0.15, -0.1) is 0 Å². The van der Waals surface area contributed by atoms with Crippen molar-refractivity contribution in [1.29, 1.82) is 0 Å². The number of hydrogen-bond donors (Lipinski definition) is 0. The van der Waals surface area contributed by atoms with Crippen LogP contribution in [0.4, 0.5) is 0 Å². The molecule has 22 heavy (non-hydrogen) atoms. The summed E-state index contributed by atoms with van der Waals surface area (Å²) in [6.45, 7) is 4.43. The van der Waals surface area contributed by atoms with Crippen molar-refractivity contribution in [2.75, 3.05) is 13.2 Å². The molecule has 0 amide bonds. The first kappa shape index (κ1) is 17.0. The average molecular weight is 318 g/mol. The van der Waals surface area contributed by atoms with E-state index in [9.17, 15) is 4.57 Å². The van der Waals surface area contributed by atoms with Crippen molar-refractivity contribution < 1.29 is 13.6 Å². The maximum absolute atomic E-state index is 12.5. The smallest absolute Gasteiger partial charge is 0.309 e. The van der Waals surface area contributed by atoms with Crippen LogP contribution in [0.3, 0.4) is 0 Å². The SMILES string of the molecule is CCOP(=O)(Cc1ccc(/C=C/C2C=CC=C2)cc1)OCC. The Morgan fingerprint density at radius 3 is 2.18 bits per heavy atom. The van der Waals surface area contributed by atoms with Gasteiger partial charge in [0, 0.05) is 5.92 Å². The Morgan fingerprint density at radius 1 is 1.05 bits per heavy atom. The zero-order valence-corrected chi connectivity index (χ0v) is 14.0. The van der Waals surface area contributed by atoms with Crippen molar-refractivity contribution in [3.05, 3.63) is 65.8 Å². The summed E-state index contributed by atoms with van der Waals surface area (Å²) < 4.78 is 23.1. The van der Waals surface area contributed by atoms with Crippen molar-refractivity contribution >= 4 is 13.7 Å². The van der Waals surface area contributed by atoms with Gasteiger partial charge in [0.2, 0.25) is 0 Å². The second kappa shape index (κ2) is 8.28. The van der Waals surface area contributed by atoms with E-state index >= 15 is 0 Å². The van der Waals surface area contributed by atoms with Crippen LogP contribution < -0.4 is 0 Å². The van der Waals surface area contributed by atoms with E-state index in [0.29, 0.717) is 25.3 Å². The van der Waals surface area contributed by atoms with Gasteiger partial charge in [0.1, 0.15) is 0 Å². The first-order chi connectivity index (χ1) is 10.6. The molecule has 1 aromatic rings. The molecule has 0 radical (unpaired) electrons. The minimum atomic E-state index is -3.03. The summed E-state index contributed by atoms with van der Waals surface area (Å²) in [6.07, 6.45) is 13.0.